The second-order valence-electron chi connectivity index (χ2n) is 3.07. The molecular formula is C8H16BrNO2. The average molecular weight is 238 g/mol. The van der Waals surface area contributed by atoms with Gasteiger partial charge in [0.25, 0.3) is 0 Å². The molecule has 0 saturated carbocycles. The lowest BCUT2D eigenvalue weighted by atomic mass is 10.2. The number of alkyl halides is 1. The number of carbonyl (C=O) groups excluding carboxylic acids is 1. The summed E-state index contributed by atoms with van der Waals surface area (Å²) in [6, 6.07) is 0.149. The molecule has 0 aliphatic heterocycles. The number of hydrogen-bond acceptors (Lipinski definition) is 2. The van der Waals surface area contributed by atoms with E-state index in [-0.39, 0.29) is 11.9 Å². The highest BCUT2D eigenvalue weighted by atomic mass is 79.9. The minimum atomic E-state index is -0.476. The Bertz CT molecular complexity index is 150. The largest absolute Gasteiger partial charge is 0.390 e. The molecule has 12 heavy (non-hydrogen) atoms. The van der Waals surface area contributed by atoms with Crippen molar-refractivity contribution in [2.45, 2.75) is 32.9 Å². The zero-order chi connectivity index (χ0) is 9.72. The molecule has 0 spiro atoms. The van der Waals surface area contributed by atoms with Gasteiger partial charge in [0.1, 0.15) is 0 Å². The van der Waals surface area contributed by atoms with Crippen LogP contribution in [0.5, 0.6) is 0 Å². The van der Waals surface area contributed by atoms with Crippen LogP contribution in [0.15, 0.2) is 0 Å². The Kier molecular flexibility index (Phi) is 5.50. The van der Waals surface area contributed by atoms with Gasteiger partial charge in [-0.2, -0.15) is 0 Å². The lowest BCUT2D eigenvalue weighted by Crippen LogP contribution is -2.41. The minimum Gasteiger partial charge on any atom is -0.390 e. The summed E-state index contributed by atoms with van der Waals surface area (Å²) in [4.78, 5) is 12.7. The summed E-state index contributed by atoms with van der Waals surface area (Å²) in [5, 5.41) is 9.79. The van der Waals surface area contributed by atoms with E-state index in [1.807, 2.05) is 13.8 Å². The third kappa shape index (κ3) is 4.07. The molecule has 1 amide bonds. The quantitative estimate of drug-likeness (QED) is 0.742. The molecule has 3 nitrogen and oxygen atoms in total. The second-order valence-corrected chi connectivity index (χ2v) is 3.72. The molecule has 0 radical (unpaired) electrons. The first-order chi connectivity index (χ1) is 5.49. The van der Waals surface area contributed by atoms with E-state index in [0.717, 1.165) is 0 Å². The second kappa shape index (κ2) is 5.54. The topological polar surface area (TPSA) is 40.5 Å². The number of halogens is 1. The van der Waals surface area contributed by atoms with Gasteiger partial charge in [0.2, 0.25) is 5.91 Å². The van der Waals surface area contributed by atoms with Crippen molar-refractivity contribution in [1.82, 2.24) is 4.90 Å². The first kappa shape index (κ1) is 11.9. The maximum absolute atomic E-state index is 11.0. The van der Waals surface area contributed by atoms with E-state index in [4.69, 9.17) is 0 Å². The first-order valence-electron chi connectivity index (χ1n) is 4.00. The molecule has 1 atom stereocenters. The Labute approximate surface area is 81.9 Å². The average Bonchev–Trinajstić information content (AvgIpc) is 1.98. The van der Waals surface area contributed by atoms with Crippen molar-refractivity contribution in [3.05, 3.63) is 0 Å². The van der Waals surface area contributed by atoms with Crippen molar-refractivity contribution < 1.29 is 9.90 Å². The van der Waals surface area contributed by atoms with Gasteiger partial charge in [0.05, 0.1) is 6.10 Å². The smallest absolute Gasteiger partial charge is 0.219 e. The maximum Gasteiger partial charge on any atom is 0.219 e. The molecule has 0 saturated heterocycles. The van der Waals surface area contributed by atoms with Gasteiger partial charge < -0.3 is 10.0 Å². The molecule has 4 heteroatoms. The van der Waals surface area contributed by atoms with Gasteiger partial charge in [0, 0.05) is 24.8 Å². The predicted molar refractivity (Wildman–Crippen MR) is 52.3 cm³/mol. The van der Waals surface area contributed by atoms with Gasteiger partial charge >= 0.3 is 0 Å². The van der Waals surface area contributed by atoms with Crippen LogP contribution in [0.1, 0.15) is 20.8 Å². The standard InChI is InChI=1S/C8H16BrNO2/c1-6(2)10(7(3)11)5-8(12)4-9/h6,8,12H,4-5H2,1-3H3. The van der Waals surface area contributed by atoms with E-state index in [9.17, 15) is 9.90 Å². The molecular weight excluding hydrogens is 222 g/mol. The molecule has 0 heterocycles. The molecule has 1 N–H and O–H groups in total. The van der Waals surface area contributed by atoms with Crippen molar-refractivity contribution in [2.24, 2.45) is 0 Å². The summed E-state index contributed by atoms with van der Waals surface area (Å²) in [6.07, 6.45) is -0.476. The Morgan fingerprint density at radius 3 is 2.33 bits per heavy atom. The minimum absolute atomic E-state index is 0.00463. The van der Waals surface area contributed by atoms with Crippen LogP contribution >= 0.6 is 15.9 Å². The number of nitrogens with zero attached hydrogens (tertiary/aromatic N) is 1. The Balaban J connectivity index is 4.05. The molecule has 0 aromatic heterocycles. The molecule has 0 fully saturated rings. The van der Waals surface area contributed by atoms with Crippen LogP contribution in [0.4, 0.5) is 0 Å². The predicted octanol–water partition coefficient (Wildman–Crippen LogP) is 0.999. The monoisotopic (exact) mass is 237 g/mol. The van der Waals surface area contributed by atoms with Crippen molar-refractivity contribution in [1.29, 1.82) is 0 Å². The van der Waals surface area contributed by atoms with Crippen LogP contribution in [0.2, 0.25) is 0 Å². The highest BCUT2D eigenvalue weighted by Crippen LogP contribution is 2.02. The molecule has 1 unspecified atom stereocenters. The molecule has 0 bridgehead atoms. The summed E-state index contributed by atoms with van der Waals surface area (Å²) in [6.45, 7) is 5.78. The Hall–Kier alpha value is -0.0900. The summed E-state index contributed by atoms with van der Waals surface area (Å²) in [7, 11) is 0. The Morgan fingerprint density at radius 1 is 1.58 bits per heavy atom. The number of hydrogen-bond donors (Lipinski definition) is 1. The van der Waals surface area contributed by atoms with E-state index in [1.165, 1.54) is 6.92 Å². The van der Waals surface area contributed by atoms with E-state index in [0.29, 0.717) is 11.9 Å². The highest BCUT2D eigenvalue weighted by Gasteiger charge is 2.15. The van der Waals surface area contributed by atoms with Crippen LogP contribution in [0.25, 0.3) is 0 Å². The van der Waals surface area contributed by atoms with Crippen molar-refractivity contribution in [2.75, 3.05) is 11.9 Å². The van der Waals surface area contributed by atoms with E-state index in [2.05, 4.69) is 15.9 Å². The first-order valence-corrected chi connectivity index (χ1v) is 5.12. The van der Waals surface area contributed by atoms with Crippen molar-refractivity contribution in [3.63, 3.8) is 0 Å². The number of rotatable bonds is 4. The van der Waals surface area contributed by atoms with Gasteiger partial charge in [0.15, 0.2) is 0 Å². The molecule has 0 aliphatic carbocycles. The van der Waals surface area contributed by atoms with Crippen LogP contribution in [0.3, 0.4) is 0 Å². The lowest BCUT2D eigenvalue weighted by molar-refractivity contribution is -0.131. The fraction of sp³-hybridized carbons (Fsp3) is 0.875. The maximum atomic E-state index is 11.0. The fourth-order valence-electron chi connectivity index (χ4n) is 0.979. The van der Waals surface area contributed by atoms with Crippen LogP contribution < -0.4 is 0 Å². The summed E-state index contributed by atoms with van der Waals surface area (Å²) < 4.78 is 0. The summed E-state index contributed by atoms with van der Waals surface area (Å²) >= 11 is 3.15. The normalized spacial score (nSPS) is 13.2. The molecule has 0 rings (SSSR count). The van der Waals surface area contributed by atoms with Crippen LogP contribution in [0, 0.1) is 0 Å². The van der Waals surface area contributed by atoms with Crippen LogP contribution in [-0.4, -0.2) is 39.9 Å². The summed E-state index contributed by atoms with van der Waals surface area (Å²) in [5.41, 5.74) is 0. The Morgan fingerprint density at radius 2 is 2.08 bits per heavy atom. The molecule has 0 aliphatic rings. The third-order valence-electron chi connectivity index (χ3n) is 1.61. The SMILES string of the molecule is CC(=O)N(CC(O)CBr)C(C)C. The number of amides is 1. The van der Waals surface area contributed by atoms with Crippen molar-refractivity contribution >= 4 is 21.8 Å². The van der Waals surface area contributed by atoms with E-state index >= 15 is 0 Å². The number of carbonyl (C=O) groups is 1. The third-order valence-corrected chi connectivity index (χ3v) is 2.36. The van der Waals surface area contributed by atoms with Crippen molar-refractivity contribution in [3.8, 4) is 0 Å². The van der Waals surface area contributed by atoms with Gasteiger partial charge in [-0.1, -0.05) is 15.9 Å². The van der Waals surface area contributed by atoms with Gasteiger partial charge in [-0.15, -0.1) is 0 Å². The molecule has 0 aromatic carbocycles. The molecule has 72 valence electrons. The van der Waals surface area contributed by atoms with E-state index in [1.54, 1.807) is 4.90 Å². The van der Waals surface area contributed by atoms with E-state index < -0.39 is 6.10 Å². The van der Waals surface area contributed by atoms with Gasteiger partial charge in [-0.3, -0.25) is 4.79 Å². The zero-order valence-corrected chi connectivity index (χ0v) is 9.34. The number of aliphatic hydroxyl groups excluding tert-OH is 1. The van der Waals surface area contributed by atoms with Gasteiger partial charge in [-0.25, -0.2) is 0 Å². The van der Waals surface area contributed by atoms with Gasteiger partial charge in [-0.05, 0) is 13.8 Å². The highest BCUT2D eigenvalue weighted by molar-refractivity contribution is 9.09. The lowest BCUT2D eigenvalue weighted by Gasteiger charge is -2.27. The number of aliphatic hydroxyl groups is 1. The molecule has 0 aromatic rings. The van der Waals surface area contributed by atoms with Crippen LogP contribution in [-0.2, 0) is 4.79 Å². The fourth-order valence-corrected chi connectivity index (χ4v) is 1.18. The zero-order valence-electron chi connectivity index (χ0n) is 7.75. The summed E-state index contributed by atoms with van der Waals surface area (Å²) in [5.74, 6) is 0.00463.